The summed E-state index contributed by atoms with van der Waals surface area (Å²) in [5.41, 5.74) is 1.60. The summed E-state index contributed by atoms with van der Waals surface area (Å²) in [5.74, 6) is 0. The number of nitrogens with one attached hydrogen (secondary N) is 1. The predicted molar refractivity (Wildman–Crippen MR) is 74.0 cm³/mol. The molecule has 1 aromatic carbocycles. The van der Waals surface area contributed by atoms with Crippen LogP contribution in [-0.4, -0.2) is 25.8 Å². The summed E-state index contributed by atoms with van der Waals surface area (Å²) in [4.78, 5) is 0. The molecule has 1 N–H and O–H groups in total. The molecule has 2 nitrogen and oxygen atoms in total. The van der Waals surface area contributed by atoms with Crippen LogP contribution in [0.4, 0.5) is 0 Å². The molecule has 1 aliphatic carbocycles. The summed E-state index contributed by atoms with van der Waals surface area (Å²) >= 11 is 6.07. The summed E-state index contributed by atoms with van der Waals surface area (Å²) < 4.78 is 5.64. The Morgan fingerprint density at radius 1 is 1.39 bits per heavy atom. The van der Waals surface area contributed by atoms with Crippen LogP contribution in [-0.2, 0) is 11.2 Å². The maximum absolute atomic E-state index is 6.07. The fourth-order valence-electron chi connectivity index (χ4n) is 2.72. The Morgan fingerprint density at radius 3 is 2.94 bits per heavy atom. The van der Waals surface area contributed by atoms with Gasteiger partial charge in [0, 0.05) is 29.6 Å². The molecule has 2 fully saturated rings. The summed E-state index contributed by atoms with van der Waals surface area (Å²) in [5, 5.41) is 4.49. The average Bonchev–Trinajstić information content (AvgIpc) is 3.08. The van der Waals surface area contributed by atoms with Crippen LogP contribution < -0.4 is 5.32 Å². The molecule has 0 radical (unpaired) electrons. The Bertz CT molecular complexity index is 411. The monoisotopic (exact) mass is 265 g/mol. The third kappa shape index (κ3) is 3.05. The summed E-state index contributed by atoms with van der Waals surface area (Å²) in [6.45, 7) is 2.84. The third-order valence-electron chi connectivity index (χ3n) is 4.00. The molecule has 0 spiro atoms. The minimum absolute atomic E-state index is 0.271. The zero-order valence-corrected chi connectivity index (χ0v) is 11.4. The van der Waals surface area contributed by atoms with Crippen LogP contribution in [0, 0.1) is 5.41 Å². The zero-order chi connectivity index (χ0) is 12.4. The smallest absolute Gasteiger partial charge is 0.0538 e. The van der Waals surface area contributed by atoms with Gasteiger partial charge in [-0.15, -0.1) is 0 Å². The Balaban J connectivity index is 1.68. The maximum atomic E-state index is 6.07. The number of benzene rings is 1. The maximum Gasteiger partial charge on any atom is 0.0538 e. The highest BCUT2D eigenvalue weighted by Gasteiger charge is 2.36. The van der Waals surface area contributed by atoms with Gasteiger partial charge in [0.15, 0.2) is 0 Å². The molecule has 18 heavy (non-hydrogen) atoms. The van der Waals surface area contributed by atoms with Crippen molar-refractivity contribution in [3.63, 3.8) is 0 Å². The van der Waals surface area contributed by atoms with Gasteiger partial charge in [0.25, 0.3) is 0 Å². The van der Waals surface area contributed by atoms with E-state index in [0.717, 1.165) is 43.7 Å². The Kier molecular flexibility index (Phi) is 3.60. The lowest BCUT2D eigenvalue weighted by Gasteiger charge is -2.28. The molecule has 0 amide bonds. The normalized spacial score (nSPS) is 27.6. The molecule has 0 bridgehead atoms. The fourth-order valence-corrected chi connectivity index (χ4v) is 2.93. The first-order valence-electron chi connectivity index (χ1n) is 6.81. The van der Waals surface area contributed by atoms with Gasteiger partial charge in [-0.05, 0) is 43.4 Å². The van der Waals surface area contributed by atoms with Crippen LogP contribution in [0.2, 0.25) is 5.02 Å². The molecule has 98 valence electrons. The molecule has 1 aliphatic heterocycles. The number of hydrogen-bond acceptors (Lipinski definition) is 2. The summed E-state index contributed by atoms with van der Waals surface area (Å²) in [6.07, 6.45) is 4.90. The first-order chi connectivity index (χ1) is 8.76. The predicted octanol–water partition coefficient (Wildman–Crippen LogP) is 3.04. The van der Waals surface area contributed by atoms with E-state index in [1.54, 1.807) is 0 Å². The summed E-state index contributed by atoms with van der Waals surface area (Å²) in [6, 6.07) is 8.99. The van der Waals surface area contributed by atoms with Gasteiger partial charge < -0.3 is 10.1 Å². The van der Waals surface area contributed by atoms with Crippen molar-refractivity contribution in [3.8, 4) is 0 Å². The van der Waals surface area contributed by atoms with Crippen molar-refractivity contribution < 1.29 is 4.74 Å². The highest BCUT2D eigenvalue weighted by atomic mass is 35.5. The van der Waals surface area contributed by atoms with Crippen LogP contribution >= 0.6 is 11.6 Å². The Morgan fingerprint density at radius 2 is 2.28 bits per heavy atom. The Labute approximate surface area is 114 Å². The third-order valence-corrected chi connectivity index (χ3v) is 4.23. The zero-order valence-electron chi connectivity index (χ0n) is 10.6. The average molecular weight is 266 g/mol. The van der Waals surface area contributed by atoms with E-state index < -0.39 is 0 Å². The highest BCUT2D eigenvalue weighted by molar-refractivity contribution is 6.30. The molecule has 1 aromatic rings. The van der Waals surface area contributed by atoms with E-state index in [0.29, 0.717) is 0 Å². The van der Waals surface area contributed by atoms with Crippen molar-refractivity contribution in [2.75, 3.05) is 19.8 Å². The van der Waals surface area contributed by atoms with Crippen LogP contribution in [0.5, 0.6) is 0 Å². The van der Waals surface area contributed by atoms with E-state index in [2.05, 4.69) is 17.4 Å². The topological polar surface area (TPSA) is 21.3 Å². The van der Waals surface area contributed by atoms with Crippen LogP contribution in [0.3, 0.4) is 0 Å². The van der Waals surface area contributed by atoms with Gasteiger partial charge in [0.2, 0.25) is 0 Å². The van der Waals surface area contributed by atoms with Gasteiger partial charge in [-0.2, -0.15) is 0 Å². The van der Waals surface area contributed by atoms with Gasteiger partial charge in [-0.1, -0.05) is 23.7 Å². The molecule has 3 rings (SSSR count). The van der Waals surface area contributed by atoms with Crippen molar-refractivity contribution in [2.45, 2.75) is 31.7 Å². The second-order valence-electron chi connectivity index (χ2n) is 5.76. The van der Waals surface area contributed by atoms with E-state index in [9.17, 15) is 0 Å². The van der Waals surface area contributed by atoms with Crippen LogP contribution in [0.25, 0.3) is 0 Å². The molecule has 3 heteroatoms. The molecule has 1 atom stereocenters. The van der Waals surface area contributed by atoms with Crippen LogP contribution in [0.15, 0.2) is 24.3 Å². The van der Waals surface area contributed by atoms with Crippen molar-refractivity contribution in [3.05, 3.63) is 34.9 Å². The summed E-state index contributed by atoms with van der Waals surface area (Å²) in [7, 11) is 0. The lowest BCUT2D eigenvalue weighted by atomic mass is 9.81. The molecule has 1 heterocycles. The second kappa shape index (κ2) is 5.20. The van der Waals surface area contributed by atoms with Crippen LogP contribution in [0.1, 0.15) is 24.8 Å². The van der Waals surface area contributed by atoms with E-state index in [1.165, 1.54) is 18.4 Å². The number of ether oxygens (including phenoxy) is 1. The molecule has 1 saturated heterocycles. The minimum Gasteiger partial charge on any atom is -0.381 e. The largest absolute Gasteiger partial charge is 0.381 e. The quantitative estimate of drug-likeness (QED) is 0.884. The lowest BCUT2D eigenvalue weighted by molar-refractivity contribution is 0.149. The van der Waals surface area contributed by atoms with Gasteiger partial charge in [-0.25, -0.2) is 0 Å². The molecule has 1 saturated carbocycles. The lowest BCUT2D eigenvalue weighted by Crippen LogP contribution is -2.37. The van der Waals surface area contributed by atoms with Gasteiger partial charge in [0.05, 0.1) is 6.61 Å². The number of rotatable bonds is 5. The second-order valence-corrected chi connectivity index (χ2v) is 6.20. The van der Waals surface area contributed by atoms with E-state index in [4.69, 9.17) is 16.3 Å². The van der Waals surface area contributed by atoms with Crippen molar-refractivity contribution in [1.82, 2.24) is 5.32 Å². The first kappa shape index (κ1) is 12.5. The van der Waals surface area contributed by atoms with Gasteiger partial charge >= 0.3 is 0 Å². The van der Waals surface area contributed by atoms with E-state index in [-0.39, 0.29) is 5.41 Å². The standard InChI is InChI=1S/C15H20ClNO/c16-13-3-1-2-12(8-13)9-15(6-7-18-11-15)10-17-14-4-5-14/h1-3,8,14,17H,4-7,9-11H2. The van der Waals surface area contributed by atoms with Crippen molar-refractivity contribution in [2.24, 2.45) is 5.41 Å². The molecular weight excluding hydrogens is 246 g/mol. The van der Waals surface area contributed by atoms with Gasteiger partial charge in [0.1, 0.15) is 0 Å². The molecule has 2 aliphatic rings. The number of halogens is 1. The fraction of sp³-hybridized carbons (Fsp3) is 0.600. The number of hydrogen-bond donors (Lipinski definition) is 1. The highest BCUT2D eigenvalue weighted by Crippen LogP contribution is 2.33. The van der Waals surface area contributed by atoms with Crippen molar-refractivity contribution >= 4 is 11.6 Å². The minimum atomic E-state index is 0.271. The SMILES string of the molecule is Clc1cccc(CC2(CNC3CC3)CCOC2)c1. The Hall–Kier alpha value is -0.570. The van der Waals surface area contributed by atoms with E-state index in [1.807, 2.05) is 12.1 Å². The van der Waals surface area contributed by atoms with Crippen molar-refractivity contribution in [1.29, 1.82) is 0 Å². The first-order valence-corrected chi connectivity index (χ1v) is 7.19. The molecule has 1 unspecified atom stereocenters. The molecular formula is C15H20ClNO. The molecule has 0 aromatic heterocycles. The van der Waals surface area contributed by atoms with E-state index >= 15 is 0 Å². The van der Waals surface area contributed by atoms with Gasteiger partial charge in [-0.3, -0.25) is 0 Å².